The summed E-state index contributed by atoms with van der Waals surface area (Å²) in [6.45, 7) is 5.93. The Morgan fingerprint density at radius 2 is 2.06 bits per heavy atom. The number of Topliss-reactive ketones (excluding diaryl/α,β-unsaturated/α-hetero) is 1. The molecule has 0 fully saturated rings. The zero-order valence-corrected chi connectivity index (χ0v) is 10.1. The van der Waals surface area contributed by atoms with E-state index >= 15 is 0 Å². The summed E-state index contributed by atoms with van der Waals surface area (Å²) < 4.78 is 0. The van der Waals surface area contributed by atoms with Crippen molar-refractivity contribution in [1.29, 1.82) is 5.26 Å². The van der Waals surface area contributed by atoms with Gasteiger partial charge in [0.25, 0.3) is 0 Å². The number of benzene rings is 1. The molecule has 2 rings (SSSR count). The van der Waals surface area contributed by atoms with Crippen LogP contribution >= 0.6 is 0 Å². The van der Waals surface area contributed by atoms with Gasteiger partial charge in [0, 0.05) is 5.56 Å². The Balaban J connectivity index is 0.000000606. The fraction of sp³-hybridized carbons (Fsp3) is 0.429. The number of rotatable bonds is 0. The molecule has 0 aliphatic heterocycles. The minimum Gasteiger partial charge on any atom is -0.293 e. The summed E-state index contributed by atoms with van der Waals surface area (Å²) in [6, 6.07) is 7.95. The number of carbonyl (C=O) groups is 1. The Kier molecular flexibility index (Phi) is 4.25. The van der Waals surface area contributed by atoms with Gasteiger partial charge < -0.3 is 0 Å². The molecule has 0 heterocycles. The maximum Gasteiger partial charge on any atom is 0.180 e. The topological polar surface area (TPSA) is 40.9 Å². The van der Waals surface area contributed by atoms with Crippen molar-refractivity contribution in [2.75, 3.05) is 0 Å². The highest BCUT2D eigenvalue weighted by Crippen LogP contribution is 2.27. The predicted molar refractivity (Wildman–Crippen MR) is 64.3 cm³/mol. The third-order valence-corrected chi connectivity index (χ3v) is 2.78. The molecule has 1 aromatic carbocycles. The number of hydrogen-bond acceptors (Lipinski definition) is 2. The van der Waals surface area contributed by atoms with Crippen LogP contribution in [0.1, 0.15) is 41.8 Å². The summed E-state index contributed by atoms with van der Waals surface area (Å²) in [5, 5.41) is 8.81. The highest BCUT2D eigenvalue weighted by Gasteiger charge is 2.27. The van der Waals surface area contributed by atoms with Crippen molar-refractivity contribution in [2.45, 2.75) is 33.6 Å². The molecule has 2 heteroatoms. The summed E-state index contributed by atoms with van der Waals surface area (Å²) in [6.07, 6.45) is 1.52. The van der Waals surface area contributed by atoms with Crippen LogP contribution in [0.3, 0.4) is 0 Å². The second-order valence-corrected chi connectivity index (χ2v) is 3.69. The lowest BCUT2D eigenvalue weighted by Crippen LogP contribution is -2.22. The first-order valence-electron chi connectivity index (χ1n) is 5.76. The van der Waals surface area contributed by atoms with Crippen LogP contribution in [0.25, 0.3) is 0 Å². The van der Waals surface area contributed by atoms with Crippen LogP contribution in [0.4, 0.5) is 0 Å². The van der Waals surface area contributed by atoms with E-state index < -0.39 is 5.92 Å². The SMILES string of the molecule is CC.Cc1cccc2c1C(=O)C(C#N)CC2. The number of fused-ring (bicyclic) bond motifs is 1. The van der Waals surface area contributed by atoms with E-state index in [1.807, 2.05) is 39.0 Å². The molecule has 0 amide bonds. The van der Waals surface area contributed by atoms with E-state index in [1.54, 1.807) is 0 Å². The third-order valence-electron chi connectivity index (χ3n) is 2.78. The molecule has 0 bridgehead atoms. The summed E-state index contributed by atoms with van der Waals surface area (Å²) >= 11 is 0. The fourth-order valence-electron chi connectivity index (χ4n) is 2.02. The molecule has 1 aromatic rings. The molecule has 0 saturated carbocycles. The minimum absolute atomic E-state index is 0.00634. The van der Waals surface area contributed by atoms with Crippen molar-refractivity contribution < 1.29 is 4.79 Å². The monoisotopic (exact) mass is 215 g/mol. The van der Waals surface area contributed by atoms with E-state index in [1.165, 1.54) is 0 Å². The first-order valence-corrected chi connectivity index (χ1v) is 5.76. The second-order valence-electron chi connectivity index (χ2n) is 3.69. The van der Waals surface area contributed by atoms with Crippen molar-refractivity contribution in [1.82, 2.24) is 0 Å². The van der Waals surface area contributed by atoms with Crippen LogP contribution in [0.15, 0.2) is 18.2 Å². The normalized spacial score (nSPS) is 17.9. The number of carbonyl (C=O) groups excluding carboxylic acids is 1. The second kappa shape index (κ2) is 5.46. The van der Waals surface area contributed by atoms with Crippen molar-refractivity contribution in [3.63, 3.8) is 0 Å². The smallest absolute Gasteiger partial charge is 0.180 e. The molecule has 1 aliphatic carbocycles. The molecule has 0 spiro atoms. The van der Waals surface area contributed by atoms with Gasteiger partial charge in [0.1, 0.15) is 5.92 Å². The van der Waals surface area contributed by atoms with Gasteiger partial charge in [-0.3, -0.25) is 4.79 Å². The molecule has 84 valence electrons. The van der Waals surface area contributed by atoms with E-state index in [0.717, 1.165) is 23.1 Å². The lowest BCUT2D eigenvalue weighted by molar-refractivity contribution is 0.0934. The van der Waals surface area contributed by atoms with Crippen LogP contribution in [0.5, 0.6) is 0 Å². The first-order chi connectivity index (χ1) is 7.74. The van der Waals surface area contributed by atoms with Gasteiger partial charge in [-0.05, 0) is 30.9 Å². The van der Waals surface area contributed by atoms with Gasteiger partial charge in [-0.15, -0.1) is 0 Å². The summed E-state index contributed by atoms with van der Waals surface area (Å²) in [7, 11) is 0. The molecule has 0 radical (unpaired) electrons. The summed E-state index contributed by atoms with van der Waals surface area (Å²) in [5.74, 6) is -0.421. The molecular weight excluding hydrogens is 198 g/mol. The first kappa shape index (κ1) is 12.4. The maximum absolute atomic E-state index is 11.8. The van der Waals surface area contributed by atoms with Gasteiger partial charge in [0.2, 0.25) is 0 Å². The highest BCUT2D eigenvalue weighted by molar-refractivity contribution is 6.02. The quantitative estimate of drug-likeness (QED) is 0.666. The molecule has 1 atom stereocenters. The van der Waals surface area contributed by atoms with Gasteiger partial charge in [-0.25, -0.2) is 0 Å². The van der Waals surface area contributed by atoms with Crippen LogP contribution in [0, 0.1) is 24.2 Å². The molecule has 1 unspecified atom stereocenters. The van der Waals surface area contributed by atoms with Crippen LogP contribution < -0.4 is 0 Å². The third kappa shape index (κ3) is 2.14. The number of nitriles is 1. The molecular formula is C14H17NO. The summed E-state index contributed by atoms with van der Waals surface area (Å²) in [5.41, 5.74) is 2.87. The van der Waals surface area contributed by atoms with E-state index in [0.29, 0.717) is 6.42 Å². The van der Waals surface area contributed by atoms with Crippen LogP contribution in [-0.4, -0.2) is 5.78 Å². The van der Waals surface area contributed by atoms with Gasteiger partial charge in [-0.1, -0.05) is 32.0 Å². The lowest BCUT2D eigenvalue weighted by atomic mass is 9.81. The Hall–Kier alpha value is -1.62. The van der Waals surface area contributed by atoms with Crippen molar-refractivity contribution >= 4 is 5.78 Å². The van der Waals surface area contributed by atoms with Gasteiger partial charge in [0.15, 0.2) is 5.78 Å². The van der Waals surface area contributed by atoms with Gasteiger partial charge in [0.05, 0.1) is 6.07 Å². The van der Waals surface area contributed by atoms with Gasteiger partial charge >= 0.3 is 0 Å². The Labute approximate surface area is 96.9 Å². The number of nitrogens with zero attached hydrogens (tertiary/aromatic N) is 1. The largest absolute Gasteiger partial charge is 0.293 e. The highest BCUT2D eigenvalue weighted by atomic mass is 16.1. The van der Waals surface area contributed by atoms with E-state index in [9.17, 15) is 4.79 Å². The lowest BCUT2D eigenvalue weighted by Gasteiger charge is -2.19. The Morgan fingerprint density at radius 3 is 2.69 bits per heavy atom. The number of hydrogen-bond donors (Lipinski definition) is 0. The summed E-state index contributed by atoms with van der Waals surface area (Å²) in [4.78, 5) is 11.8. The van der Waals surface area contributed by atoms with Crippen LogP contribution in [0.2, 0.25) is 0 Å². The maximum atomic E-state index is 11.8. The fourth-order valence-corrected chi connectivity index (χ4v) is 2.02. The minimum atomic E-state index is -0.427. The van der Waals surface area contributed by atoms with E-state index in [4.69, 9.17) is 5.26 Å². The van der Waals surface area contributed by atoms with Crippen molar-refractivity contribution in [2.24, 2.45) is 5.92 Å². The molecule has 0 N–H and O–H groups in total. The van der Waals surface area contributed by atoms with Crippen molar-refractivity contribution in [3.05, 3.63) is 34.9 Å². The Bertz CT molecular complexity index is 429. The standard InChI is InChI=1S/C12H11NO.C2H6/c1-8-3-2-4-9-5-6-10(7-13)12(14)11(8)9;1-2/h2-4,10H,5-6H2,1H3;1-2H3. The molecule has 16 heavy (non-hydrogen) atoms. The zero-order chi connectivity index (χ0) is 12.1. The average Bonchev–Trinajstić information content (AvgIpc) is 2.32. The van der Waals surface area contributed by atoms with Crippen LogP contribution in [-0.2, 0) is 6.42 Å². The number of aryl methyl sites for hydroxylation is 2. The van der Waals surface area contributed by atoms with E-state index in [2.05, 4.69) is 6.07 Å². The molecule has 2 nitrogen and oxygen atoms in total. The molecule has 0 saturated heterocycles. The number of ketones is 1. The zero-order valence-electron chi connectivity index (χ0n) is 10.1. The predicted octanol–water partition coefficient (Wildman–Crippen LogP) is 3.29. The average molecular weight is 215 g/mol. The molecule has 0 aromatic heterocycles. The molecule has 1 aliphatic rings. The Morgan fingerprint density at radius 1 is 1.38 bits per heavy atom. The van der Waals surface area contributed by atoms with Gasteiger partial charge in [-0.2, -0.15) is 5.26 Å². The van der Waals surface area contributed by atoms with Crippen molar-refractivity contribution in [3.8, 4) is 6.07 Å². The van der Waals surface area contributed by atoms with E-state index in [-0.39, 0.29) is 5.78 Å².